The highest BCUT2D eigenvalue weighted by molar-refractivity contribution is 5.83. The third-order valence-electron chi connectivity index (χ3n) is 4.71. The Hall–Kier alpha value is -2.93. The van der Waals surface area contributed by atoms with E-state index in [1.165, 1.54) is 0 Å². The largest absolute Gasteiger partial charge is 0.377 e. The molecule has 0 amide bonds. The second-order valence-electron chi connectivity index (χ2n) is 6.39. The second-order valence-corrected chi connectivity index (χ2v) is 6.39. The van der Waals surface area contributed by atoms with Crippen molar-refractivity contribution in [2.45, 2.75) is 13.0 Å². The molecule has 0 radical (unpaired) electrons. The first-order valence-corrected chi connectivity index (χ1v) is 8.43. The molecule has 7 heteroatoms. The predicted molar refractivity (Wildman–Crippen MR) is 95.7 cm³/mol. The van der Waals surface area contributed by atoms with Gasteiger partial charge in [0.2, 0.25) is 0 Å². The van der Waals surface area contributed by atoms with Crippen LogP contribution in [0.25, 0.3) is 27.8 Å². The highest BCUT2D eigenvalue weighted by Crippen LogP contribution is 2.27. The molecule has 0 unspecified atom stereocenters. The lowest BCUT2D eigenvalue weighted by Crippen LogP contribution is -2.44. The second kappa shape index (κ2) is 5.56. The summed E-state index contributed by atoms with van der Waals surface area (Å²) in [7, 11) is 0. The Morgan fingerprint density at radius 2 is 2.24 bits per heavy atom. The number of fused-ring (bicyclic) bond motifs is 2. The minimum Gasteiger partial charge on any atom is -0.377 e. The van der Waals surface area contributed by atoms with E-state index in [4.69, 9.17) is 14.8 Å². The van der Waals surface area contributed by atoms with Gasteiger partial charge in [0, 0.05) is 23.7 Å². The van der Waals surface area contributed by atoms with Gasteiger partial charge in [0.05, 0.1) is 31.0 Å². The molecular weight excluding hydrogens is 316 g/mol. The summed E-state index contributed by atoms with van der Waals surface area (Å²) in [4.78, 5) is 7.22. The molecule has 1 atom stereocenters. The van der Waals surface area contributed by atoms with Gasteiger partial charge >= 0.3 is 0 Å². The highest BCUT2D eigenvalue weighted by Gasteiger charge is 2.23. The van der Waals surface area contributed by atoms with Crippen molar-refractivity contribution < 1.29 is 4.74 Å². The minimum atomic E-state index is 0.284. The number of morpholine rings is 1. The maximum absolute atomic E-state index is 5.58. The summed E-state index contributed by atoms with van der Waals surface area (Å²) >= 11 is 0. The zero-order chi connectivity index (χ0) is 16.8. The number of benzene rings is 1. The summed E-state index contributed by atoms with van der Waals surface area (Å²) in [5, 5.41) is 12.8. The molecule has 0 bridgehead atoms. The first-order chi connectivity index (χ1) is 12.3. The van der Waals surface area contributed by atoms with Crippen molar-refractivity contribution in [1.29, 1.82) is 0 Å². The van der Waals surface area contributed by atoms with Gasteiger partial charge in [-0.15, -0.1) is 5.10 Å². The molecule has 4 aromatic rings. The molecule has 0 spiro atoms. The topological polar surface area (TPSA) is 71.3 Å². The molecule has 3 aromatic heterocycles. The molecule has 7 nitrogen and oxygen atoms in total. The highest BCUT2D eigenvalue weighted by atomic mass is 16.5. The number of nitrogens with zero attached hydrogens (tertiary/aromatic N) is 5. The number of H-pyrrole nitrogens is 1. The number of anilines is 1. The number of nitrogens with one attached hydrogen (secondary N) is 1. The van der Waals surface area contributed by atoms with E-state index in [0.29, 0.717) is 12.4 Å². The first kappa shape index (κ1) is 14.4. The van der Waals surface area contributed by atoms with Gasteiger partial charge < -0.3 is 9.64 Å². The zero-order valence-corrected chi connectivity index (χ0v) is 13.9. The molecule has 1 aromatic carbocycles. The Kier molecular flexibility index (Phi) is 3.21. The van der Waals surface area contributed by atoms with Gasteiger partial charge in [-0.2, -0.15) is 5.10 Å². The van der Waals surface area contributed by atoms with Gasteiger partial charge in [0.1, 0.15) is 5.52 Å². The Morgan fingerprint density at radius 3 is 3.16 bits per heavy atom. The standard InChI is InChI=1S/C18H18N6O/c1-12-11-25-8-7-23(12)18-16-3-2-6-24(16)22-17(20-18)13-4-5-15-14(9-13)10-19-21-15/h2-6,9-10,12H,7-8,11H2,1H3,(H,19,21)/t12-/m1/s1. The molecule has 1 saturated heterocycles. The quantitative estimate of drug-likeness (QED) is 0.610. The molecule has 25 heavy (non-hydrogen) atoms. The van der Waals surface area contributed by atoms with Crippen molar-refractivity contribution in [3.05, 3.63) is 42.7 Å². The van der Waals surface area contributed by atoms with Crippen LogP contribution in [0.1, 0.15) is 6.92 Å². The number of ether oxygens (including phenoxy) is 1. The van der Waals surface area contributed by atoms with Crippen LogP contribution in [0.5, 0.6) is 0 Å². The number of hydrogen-bond donors (Lipinski definition) is 1. The van der Waals surface area contributed by atoms with Gasteiger partial charge in [-0.25, -0.2) is 9.50 Å². The fraction of sp³-hybridized carbons (Fsp3) is 0.278. The van der Waals surface area contributed by atoms with Crippen LogP contribution in [-0.2, 0) is 4.74 Å². The smallest absolute Gasteiger partial charge is 0.182 e. The molecule has 1 N–H and O–H groups in total. The van der Waals surface area contributed by atoms with Gasteiger partial charge in [0.25, 0.3) is 0 Å². The third kappa shape index (κ3) is 2.35. The fourth-order valence-corrected chi connectivity index (χ4v) is 3.38. The van der Waals surface area contributed by atoms with Crippen LogP contribution in [0.2, 0.25) is 0 Å². The maximum Gasteiger partial charge on any atom is 0.182 e. The molecule has 126 valence electrons. The van der Waals surface area contributed by atoms with Crippen molar-refractivity contribution in [3.8, 4) is 11.4 Å². The SMILES string of the molecule is C[C@@H]1COCCN1c1nc(-c2ccc3[nH]ncc3c2)nn2cccc12. The molecule has 1 aliphatic rings. The van der Waals surface area contributed by atoms with Crippen molar-refractivity contribution in [3.63, 3.8) is 0 Å². The summed E-state index contributed by atoms with van der Waals surface area (Å²) in [5.74, 6) is 1.67. The van der Waals surface area contributed by atoms with Crippen molar-refractivity contribution in [2.24, 2.45) is 0 Å². The maximum atomic E-state index is 5.58. The summed E-state index contributed by atoms with van der Waals surface area (Å²) in [6.07, 6.45) is 3.78. The average Bonchev–Trinajstić information content (AvgIpc) is 3.29. The average molecular weight is 334 g/mol. The molecule has 1 fully saturated rings. The number of aromatic nitrogens is 5. The van der Waals surface area contributed by atoms with E-state index in [9.17, 15) is 0 Å². The van der Waals surface area contributed by atoms with E-state index in [1.54, 1.807) is 0 Å². The first-order valence-electron chi connectivity index (χ1n) is 8.43. The summed E-state index contributed by atoms with van der Waals surface area (Å²) in [6.45, 7) is 4.43. The lowest BCUT2D eigenvalue weighted by Gasteiger charge is -2.34. The van der Waals surface area contributed by atoms with E-state index < -0.39 is 0 Å². The van der Waals surface area contributed by atoms with Crippen molar-refractivity contribution >= 4 is 22.2 Å². The molecule has 4 heterocycles. The van der Waals surface area contributed by atoms with Gasteiger partial charge in [-0.05, 0) is 37.3 Å². The number of hydrogen-bond acceptors (Lipinski definition) is 5. The zero-order valence-electron chi connectivity index (χ0n) is 13.9. The Labute approximate surface area is 144 Å². The van der Waals surface area contributed by atoms with Crippen LogP contribution in [-0.4, -0.2) is 50.6 Å². The van der Waals surface area contributed by atoms with Gasteiger partial charge in [-0.3, -0.25) is 5.10 Å². The van der Waals surface area contributed by atoms with Gasteiger partial charge in [0.15, 0.2) is 11.6 Å². The van der Waals surface area contributed by atoms with Crippen molar-refractivity contribution in [1.82, 2.24) is 24.8 Å². The molecule has 5 rings (SSSR count). The van der Waals surface area contributed by atoms with Crippen LogP contribution in [0.3, 0.4) is 0 Å². The molecule has 0 saturated carbocycles. The van der Waals surface area contributed by atoms with Crippen LogP contribution >= 0.6 is 0 Å². The number of aromatic amines is 1. The van der Waals surface area contributed by atoms with E-state index in [0.717, 1.165) is 41.0 Å². The predicted octanol–water partition coefficient (Wildman–Crippen LogP) is 2.50. The van der Waals surface area contributed by atoms with Crippen LogP contribution in [0.4, 0.5) is 5.82 Å². The third-order valence-corrected chi connectivity index (χ3v) is 4.71. The van der Waals surface area contributed by atoms with Gasteiger partial charge in [-0.1, -0.05) is 0 Å². The van der Waals surface area contributed by atoms with Crippen LogP contribution in [0, 0.1) is 0 Å². The monoisotopic (exact) mass is 334 g/mol. The van der Waals surface area contributed by atoms with E-state index in [-0.39, 0.29) is 6.04 Å². The summed E-state index contributed by atoms with van der Waals surface area (Å²) < 4.78 is 7.48. The minimum absolute atomic E-state index is 0.284. The molecule has 0 aliphatic carbocycles. The van der Waals surface area contributed by atoms with Crippen LogP contribution in [0.15, 0.2) is 42.7 Å². The van der Waals surface area contributed by atoms with E-state index in [1.807, 2.05) is 35.1 Å². The summed E-state index contributed by atoms with van der Waals surface area (Å²) in [5.41, 5.74) is 3.00. The lowest BCUT2D eigenvalue weighted by atomic mass is 10.1. The Bertz CT molecular complexity index is 1050. The number of rotatable bonds is 2. The molecular formula is C18H18N6O. The Morgan fingerprint density at radius 1 is 1.28 bits per heavy atom. The lowest BCUT2D eigenvalue weighted by molar-refractivity contribution is 0.0986. The molecule has 1 aliphatic heterocycles. The van der Waals surface area contributed by atoms with E-state index in [2.05, 4.69) is 34.2 Å². The van der Waals surface area contributed by atoms with Crippen LogP contribution < -0.4 is 4.90 Å². The normalized spacial score (nSPS) is 18.3. The summed E-state index contributed by atoms with van der Waals surface area (Å²) in [6, 6.07) is 10.4. The van der Waals surface area contributed by atoms with Crippen molar-refractivity contribution in [2.75, 3.05) is 24.7 Å². The fourth-order valence-electron chi connectivity index (χ4n) is 3.38. The van der Waals surface area contributed by atoms with E-state index >= 15 is 0 Å². The Balaban J connectivity index is 1.68.